The number of nitrogens with zero attached hydrogens (tertiary/aromatic N) is 4. The van der Waals surface area contributed by atoms with Crippen LogP contribution in [0.4, 0.5) is 16.0 Å². The number of H-pyrrole nitrogens is 1. The standard InChI is InChI=1S/C13H12N6S/c1-8-7-10(17-16-8)18-19-12-11(15-13(14)20-12)9-5-3-2-4-6-9/h2-7H,1H3,(H2,14,15)(H,16,17). The molecule has 0 fully saturated rings. The molecule has 1 aromatic carbocycles. The molecular formula is C13H12N6S. The summed E-state index contributed by atoms with van der Waals surface area (Å²) >= 11 is 1.30. The van der Waals surface area contributed by atoms with Crippen molar-refractivity contribution < 1.29 is 0 Å². The molecule has 0 radical (unpaired) electrons. The largest absolute Gasteiger partial charge is 0.375 e. The molecule has 0 aliphatic carbocycles. The second kappa shape index (κ2) is 5.22. The maximum atomic E-state index is 5.77. The third kappa shape index (κ3) is 2.57. The SMILES string of the molecule is Cc1cc(N=Nc2sc(N)nc2-c2ccccc2)n[nH]1. The van der Waals surface area contributed by atoms with Crippen LogP contribution in [-0.4, -0.2) is 15.2 Å². The fourth-order valence-corrected chi connectivity index (χ4v) is 2.41. The van der Waals surface area contributed by atoms with E-state index < -0.39 is 0 Å². The van der Waals surface area contributed by atoms with E-state index in [-0.39, 0.29) is 0 Å². The quantitative estimate of drug-likeness (QED) is 0.715. The maximum absolute atomic E-state index is 5.77. The first kappa shape index (κ1) is 12.5. The predicted octanol–water partition coefficient (Wildman–Crippen LogP) is 3.84. The molecule has 0 aliphatic rings. The summed E-state index contributed by atoms with van der Waals surface area (Å²) in [6.07, 6.45) is 0. The van der Waals surface area contributed by atoms with E-state index in [1.54, 1.807) is 0 Å². The monoisotopic (exact) mass is 284 g/mol. The molecule has 2 heterocycles. The topological polar surface area (TPSA) is 92.3 Å². The maximum Gasteiger partial charge on any atom is 0.195 e. The van der Waals surface area contributed by atoms with Crippen molar-refractivity contribution in [3.8, 4) is 11.3 Å². The highest BCUT2D eigenvalue weighted by atomic mass is 32.1. The molecule has 3 rings (SSSR count). The molecule has 3 aromatic rings. The first-order valence-corrected chi connectivity index (χ1v) is 6.79. The lowest BCUT2D eigenvalue weighted by Crippen LogP contribution is -1.82. The van der Waals surface area contributed by atoms with Gasteiger partial charge in [-0.3, -0.25) is 5.10 Å². The van der Waals surface area contributed by atoms with Crippen molar-refractivity contribution in [2.75, 3.05) is 5.73 Å². The number of azo groups is 1. The minimum Gasteiger partial charge on any atom is -0.375 e. The number of aryl methyl sites for hydroxylation is 1. The third-order valence-electron chi connectivity index (χ3n) is 2.61. The fourth-order valence-electron chi connectivity index (χ4n) is 1.73. The zero-order valence-electron chi connectivity index (χ0n) is 10.7. The number of hydrogen-bond acceptors (Lipinski definition) is 6. The van der Waals surface area contributed by atoms with Crippen molar-refractivity contribution in [3.05, 3.63) is 42.1 Å². The summed E-state index contributed by atoms with van der Waals surface area (Å²) in [6, 6.07) is 11.6. The Kier molecular flexibility index (Phi) is 3.26. The summed E-state index contributed by atoms with van der Waals surface area (Å²) in [4.78, 5) is 4.31. The van der Waals surface area contributed by atoms with Gasteiger partial charge in [-0.05, 0) is 6.92 Å². The number of thiazole rings is 1. The van der Waals surface area contributed by atoms with Gasteiger partial charge in [-0.25, -0.2) is 4.98 Å². The van der Waals surface area contributed by atoms with Gasteiger partial charge in [-0.15, -0.1) is 10.2 Å². The zero-order chi connectivity index (χ0) is 13.9. The lowest BCUT2D eigenvalue weighted by molar-refractivity contribution is 1.03. The minimum atomic E-state index is 0.469. The Hall–Kier alpha value is -2.54. The van der Waals surface area contributed by atoms with Gasteiger partial charge < -0.3 is 5.73 Å². The first-order valence-electron chi connectivity index (χ1n) is 5.98. The van der Waals surface area contributed by atoms with Crippen molar-refractivity contribution in [2.45, 2.75) is 6.92 Å². The summed E-state index contributed by atoms with van der Waals surface area (Å²) in [7, 11) is 0. The van der Waals surface area contributed by atoms with E-state index in [1.165, 1.54) is 11.3 Å². The molecule has 20 heavy (non-hydrogen) atoms. The van der Waals surface area contributed by atoms with Crippen LogP contribution in [0.1, 0.15) is 5.69 Å². The molecule has 7 heteroatoms. The van der Waals surface area contributed by atoms with E-state index in [9.17, 15) is 0 Å². The number of anilines is 1. The van der Waals surface area contributed by atoms with Crippen molar-refractivity contribution in [1.29, 1.82) is 0 Å². The van der Waals surface area contributed by atoms with Gasteiger partial charge in [0.15, 0.2) is 16.0 Å². The highest BCUT2D eigenvalue weighted by Gasteiger charge is 2.11. The number of hydrogen-bond donors (Lipinski definition) is 2. The number of rotatable bonds is 3. The van der Waals surface area contributed by atoms with Crippen molar-refractivity contribution >= 4 is 27.3 Å². The number of nitrogens with two attached hydrogens (primary N) is 1. The molecule has 0 atom stereocenters. The van der Waals surface area contributed by atoms with Crippen LogP contribution >= 0.6 is 11.3 Å². The molecule has 2 aromatic heterocycles. The van der Waals surface area contributed by atoms with Crippen LogP contribution in [0.3, 0.4) is 0 Å². The average molecular weight is 284 g/mol. The third-order valence-corrected chi connectivity index (χ3v) is 3.38. The van der Waals surface area contributed by atoms with Gasteiger partial charge in [0.2, 0.25) is 0 Å². The van der Waals surface area contributed by atoms with E-state index >= 15 is 0 Å². The molecule has 3 N–H and O–H groups in total. The smallest absolute Gasteiger partial charge is 0.195 e. The van der Waals surface area contributed by atoms with E-state index in [1.807, 2.05) is 43.3 Å². The number of nitrogen functional groups attached to an aromatic ring is 1. The molecule has 0 saturated heterocycles. The first-order chi connectivity index (χ1) is 9.72. The van der Waals surface area contributed by atoms with Crippen molar-refractivity contribution in [1.82, 2.24) is 15.2 Å². The van der Waals surface area contributed by atoms with Crippen molar-refractivity contribution in [3.63, 3.8) is 0 Å². The summed E-state index contributed by atoms with van der Waals surface area (Å²) in [6.45, 7) is 1.91. The van der Waals surface area contributed by atoms with E-state index in [2.05, 4.69) is 25.4 Å². The van der Waals surface area contributed by atoms with Gasteiger partial charge in [-0.1, -0.05) is 41.7 Å². The molecule has 0 bridgehead atoms. The Labute approximate surface area is 119 Å². The Balaban J connectivity index is 1.96. The Morgan fingerprint density at radius 3 is 2.70 bits per heavy atom. The lowest BCUT2D eigenvalue weighted by atomic mass is 10.2. The molecule has 100 valence electrons. The van der Waals surface area contributed by atoms with Crippen LogP contribution in [0.25, 0.3) is 11.3 Å². The van der Waals surface area contributed by atoms with Crippen LogP contribution in [0.2, 0.25) is 0 Å². The highest BCUT2D eigenvalue weighted by molar-refractivity contribution is 7.19. The van der Waals surface area contributed by atoms with Crippen molar-refractivity contribution in [2.24, 2.45) is 10.2 Å². The normalized spacial score (nSPS) is 11.2. The van der Waals surface area contributed by atoms with E-state index in [0.29, 0.717) is 16.0 Å². The van der Waals surface area contributed by atoms with Gasteiger partial charge in [0.05, 0.1) is 0 Å². The van der Waals surface area contributed by atoms with Crippen LogP contribution in [0, 0.1) is 6.92 Å². The van der Waals surface area contributed by atoms with Gasteiger partial charge in [0, 0.05) is 17.3 Å². The second-order valence-electron chi connectivity index (χ2n) is 4.18. The van der Waals surface area contributed by atoms with Gasteiger partial charge in [0.1, 0.15) is 5.69 Å². The summed E-state index contributed by atoms with van der Waals surface area (Å²) in [5, 5.41) is 16.3. The molecule has 0 saturated carbocycles. The molecule has 0 unspecified atom stereocenters. The van der Waals surface area contributed by atoms with Gasteiger partial charge in [0.25, 0.3) is 0 Å². The predicted molar refractivity (Wildman–Crippen MR) is 79.5 cm³/mol. The number of aromatic amines is 1. The molecular weight excluding hydrogens is 272 g/mol. The number of nitrogens with one attached hydrogen (secondary N) is 1. The number of aromatic nitrogens is 3. The fraction of sp³-hybridized carbons (Fsp3) is 0.0769. The molecule has 0 aliphatic heterocycles. The molecule has 0 spiro atoms. The minimum absolute atomic E-state index is 0.469. The Morgan fingerprint density at radius 2 is 2.00 bits per heavy atom. The van der Waals surface area contributed by atoms with Crippen LogP contribution in [0.5, 0.6) is 0 Å². The van der Waals surface area contributed by atoms with E-state index in [0.717, 1.165) is 17.0 Å². The van der Waals surface area contributed by atoms with Crippen LogP contribution in [0.15, 0.2) is 46.6 Å². The summed E-state index contributed by atoms with van der Waals surface area (Å²) < 4.78 is 0. The van der Waals surface area contributed by atoms with Crippen LogP contribution in [-0.2, 0) is 0 Å². The molecule has 6 nitrogen and oxygen atoms in total. The Morgan fingerprint density at radius 1 is 1.20 bits per heavy atom. The van der Waals surface area contributed by atoms with E-state index in [4.69, 9.17) is 5.73 Å². The Bertz CT molecular complexity index is 743. The summed E-state index contributed by atoms with van der Waals surface area (Å²) in [5.41, 5.74) is 8.42. The zero-order valence-corrected chi connectivity index (χ0v) is 11.6. The van der Waals surface area contributed by atoms with Gasteiger partial charge in [-0.2, -0.15) is 5.10 Å². The highest BCUT2D eigenvalue weighted by Crippen LogP contribution is 2.37. The second-order valence-corrected chi connectivity index (χ2v) is 5.19. The average Bonchev–Trinajstić information content (AvgIpc) is 3.03. The number of benzene rings is 1. The van der Waals surface area contributed by atoms with Gasteiger partial charge >= 0.3 is 0 Å². The van der Waals surface area contributed by atoms with Crippen LogP contribution < -0.4 is 5.73 Å². The molecule has 0 amide bonds. The summed E-state index contributed by atoms with van der Waals surface area (Å²) in [5.74, 6) is 0.536. The lowest BCUT2D eigenvalue weighted by Gasteiger charge is -1.96.